The summed E-state index contributed by atoms with van der Waals surface area (Å²) in [5.74, 6) is 0.903. The monoisotopic (exact) mass is 378 g/mol. The SMILES string of the molecule is COc1ccc2oc(C(=O)NCc3ccc(CN4CCCC4)cc3)c(C)c2c1. The highest BCUT2D eigenvalue weighted by Crippen LogP contribution is 2.28. The fourth-order valence-electron chi connectivity index (χ4n) is 3.77. The first-order valence-electron chi connectivity index (χ1n) is 9.79. The van der Waals surface area contributed by atoms with Crippen molar-refractivity contribution < 1.29 is 13.9 Å². The summed E-state index contributed by atoms with van der Waals surface area (Å²) in [6.45, 7) is 5.77. The zero-order valence-electron chi connectivity index (χ0n) is 16.5. The highest BCUT2D eigenvalue weighted by atomic mass is 16.5. The van der Waals surface area contributed by atoms with Crippen molar-refractivity contribution in [3.63, 3.8) is 0 Å². The molecule has 1 amide bonds. The van der Waals surface area contributed by atoms with E-state index in [0.29, 0.717) is 17.9 Å². The van der Waals surface area contributed by atoms with E-state index in [2.05, 4.69) is 34.5 Å². The van der Waals surface area contributed by atoms with Crippen LogP contribution in [0.25, 0.3) is 11.0 Å². The molecule has 28 heavy (non-hydrogen) atoms. The van der Waals surface area contributed by atoms with E-state index in [1.807, 2.05) is 25.1 Å². The Morgan fingerprint density at radius 2 is 1.82 bits per heavy atom. The van der Waals surface area contributed by atoms with Crippen LogP contribution in [0.5, 0.6) is 5.75 Å². The van der Waals surface area contributed by atoms with Gasteiger partial charge in [-0.15, -0.1) is 0 Å². The lowest BCUT2D eigenvalue weighted by Crippen LogP contribution is -2.23. The van der Waals surface area contributed by atoms with Gasteiger partial charge >= 0.3 is 0 Å². The highest BCUT2D eigenvalue weighted by molar-refractivity contribution is 5.99. The van der Waals surface area contributed by atoms with Gasteiger partial charge in [-0.2, -0.15) is 0 Å². The standard InChI is InChI=1S/C23H26N2O3/c1-16-20-13-19(27-2)9-10-21(20)28-22(16)23(26)24-14-17-5-7-18(8-6-17)15-25-11-3-4-12-25/h5-10,13H,3-4,11-12,14-15H2,1-2H3,(H,24,26). The van der Waals surface area contributed by atoms with Crippen molar-refractivity contribution in [3.8, 4) is 5.75 Å². The maximum absolute atomic E-state index is 12.6. The van der Waals surface area contributed by atoms with E-state index in [0.717, 1.165) is 28.8 Å². The molecule has 5 heteroatoms. The van der Waals surface area contributed by atoms with Crippen LogP contribution in [0.4, 0.5) is 0 Å². The Bertz CT molecular complexity index is 969. The second-order valence-corrected chi connectivity index (χ2v) is 7.40. The largest absolute Gasteiger partial charge is 0.497 e. The molecular weight excluding hydrogens is 352 g/mol. The second-order valence-electron chi connectivity index (χ2n) is 7.40. The molecule has 2 aromatic carbocycles. The summed E-state index contributed by atoms with van der Waals surface area (Å²) in [6, 6.07) is 14.0. The molecule has 0 bridgehead atoms. The minimum atomic E-state index is -0.200. The van der Waals surface area contributed by atoms with Crippen LogP contribution in [-0.4, -0.2) is 31.0 Å². The van der Waals surface area contributed by atoms with Gasteiger partial charge in [0.2, 0.25) is 0 Å². The fraction of sp³-hybridized carbons (Fsp3) is 0.348. The third kappa shape index (κ3) is 3.90. The molecule has 0 saturated carbocycles. The van der Waals surface area contributed by atoms with E-state index in [-0.39, 0.29) is 5.91 Å². The number of aryl methyl sites for hydroxylation is 1. The van der Waals surface area contributed by atoms with Gasteiger partial charge in [-0.1, -0.05) is 24.3 Å². The molecule has 1 aliphatic rings. The van der Waals surface area contributed by atoms with Crippen molar-refractivity contribution in [1.29, 1.82) is 0 Å². The Morgan fingerprint density at radius 1 is 1.11 bits per heavy atom. The number of furan rings is 1. The number of rotatable bonds is 6. The van der Waals surface area contributed by atoms with E-state index in [1.165, 1.54) is 31.5 Å². The van der Waals surface area contributed by atoms with Crippen molar-refractivity contribution in [1.82, 2.24) is 10.2 Å². The van der Waals surface area contributed by atoms with Gasteiger partial charge in [0.1, 0.15) is 11.3 Å². The van der Waals surface area contributed by atoms with Crippen molar-refractivity contribution in [3.05, 3.63) is 64.9 Å². The number of ether oxygens (including phenoxy) is 1. The number of amides is 1. The topological polar surface area (TPSA) is 54.7 Å². The predicted molar refractivity (Wildman–Crippen MR) is 110 cm³/mol. The lowest BCUT2D eigenvalue weighted by Gasteiger charge is -2.14. The number of hydrogen-bond acceptors (Lipinski definition) is 4. The van der Waals surface area contributed by atoms with Gasteiger partial charge < -0.3 is 14.5 Å². The van der Waals surface area contributed by atoms with Crippen LogP contribution in [-0.2, 0) is 13.1 Å². The molecule has 0 atom stereocenters. The highest BCUT2D eigenvalue weighted by Gasteiger charge is 2.18. The van der Waals surface area contributed by atoms with E-state index >= 15 is 0 Å². The molecule has 1 aliphatic heterocycles. The number of methoxy groups -OCH3 is 1. The first-order chi connectivity index (χ1) is 13.6. The summed E-state index contributed by atoms with van der Waals surface area (Å²) >= 11 is 0. The van der Waals surface area contributed by atoms with Crippen LogP contribution in [0.3, 0.4) is 0 Å². The van der Waals surface area contributed by atoms with E-state index in [4.69, 9.17) is 9.15 Å². The Hall–Kier alpha value is -2.79. The molecule has 146 valence electrons. The molecule has 0 aliphatic carbocycles. The zero-order valence-corrected chi connectivity index (χ0v) is 16.5. The minimum Gasteiger partial charge on any atom is -0.497 e. The van der Waals surface area contributed by atoms with Gasteiger partial charge in [0.15, 0.2) is 5.76 Å². The van der Waals surface area contributed by atoms with Gasteiger partial charge in [0.05, 0.1) is 7.11 Å². The third-order valence-electron chi connectivity index (χ3n) is 5.43. The smallest absolute Gasteiger partial charge is 0.287 e. The Balaban J connectivity index is 1.40. The van der Waals surface area contributed by atoms with E-state index in [1.54, 1.807) is 7.11 Å². The third-order valence-corrected chi connectivity index (χ3v) is 5.43. The van der Waals surface area contributed by atoms with Crippen LogP contribution in [0.2, 0.25) is 0 Å². The summed E-state index contributed by atoms with van der Waals surface area (Å²) in [4.78, 5) is 15.1. The van der Waals surface area contributed by atoms with E-state index < -0.39 is 0 Å². The molecular formula is C23H26N2O3. The molecule has 5 nitrogen and oxygen atoms in total. The van der Waals surface area contributed by atoms with Crippen molar-refractivity contribution >= 4 is 16.9 Å². The number of benzene rings is 2. The average molecular weight is 378 g/mol. The molecule has 0 radical (unpaired) electrons. The number of carbonyl (C=O) groups excluding carboxylic acids is 1. The van der Waals surface area contributed by atoms with Crippen molar-refractivity contribution in [2.45, 2.75) is 32.9 Å². The lowest BCUT2D eigenvalue weighted by atomic mass is 10.1. The number of nitrogens with one attached hydrogen (secondary N) is 1. The minimum absolute atomic E-state index is 0.200. The molecule has 1 N–H and O–H groups in total. The average Bonchev–Trinajstić information content (AvgIpc) is 3.35. The number of hydrogen-bond donors (Lipinski definition) is 1. The van der Waals surface area contributed by atoms with Crippen LogP contribution in [0.15, 0.2) is 46.9 Å². The fourth-order valence-corrected chi connectivity index (χ4v) is 3.77. The quantitative estimate of drug-likeness (QED) is 0.696. The summed E-state index contributed by atoms with van der Waals surface area (Å²) in [5.41, 5.74) is 3.91. The maximum Gasteiger partial charge on any atom is 0.287 e. The van der Waals surface area contributed by atoms with Gasteiger partial charge in [-0.3, -0.25) is 9.69 Å². The molecule has 1 aromatic heterocycles. The Labute approximate surface area is 165 Å². The summed E-state index contributed by atoms with van der Waals surface area (Å²) in [5, 5.41) is 3.86. The summed E-state index contributed by atoms with van der Waals surface area (Å²) < 4.78 is 11.0. The molecule has 0 spiro atoms. The summed E-state index contributed by atoms with van der Waals surface area (Å²) in [6.07, 6.45) is 2.61. The number of carbonyl (C=O) groups is 1. The van der Waals surface area contributed by atoms with Crippen LogP contribution in [0.1, 0.15) is 40.1 Å². The zero-order chi connectivity index (χ0) is 19.5. The molecule has 0 unspecified atom stereocenters. The Kier molecular flexibility index (Phi) is 5.35. The van der Waals surface area contributed by atoms with E-state index in [9.17, 15) is 4.79 Å². The molecule has 4 rings (SSSR count). The van der Waals surface area contributed by atoms with Crippen LogP contribution >= 0.6 is 0 Å². The molecule has 2 heterocycles. The van der Waals surface area contributed by atoms with Gasteiger partial charge in [0.25, 0.3) is 5.91 Å². The number of fused-ring (bicyclic) bond motifs is 1. The number of likely N-dealkylation sites (tertiary alicyclic amines) is 1. The first-order valence-corrected chi connectivity index (χ1v) is 9.79. The predicted octanol–water partition coefficient (Wildman–Crippen LogP) is 4.28. The lowest BCUT2D eigenvalue weighted by molar-refractivity contribution is 0.0924. The Morgan fingerprint density at radius 3 is 2.54 bits per heavy atom. The van der Waals surface area contributed by atoms with Crippen molar-refractivity contribution in [2.75, 3.05) is 20.2 Å². The second kappa shape index (κ2) is 8.07. The molecule has 1 fully saturated rings. The maximum atomic E-state index is 12.6. The van der Waals surface area contributed by atoms with Gasteiger partial charge in [-0.05, 0) is 62.2 Å². The van der Waals surface area contributed by atoms with Gasteiger partial charge in [-0.25, -0.2) is 0 Å². The normalized spacial score (nSPS) is 14.5. The van der Waals surface area contributed by atoms with Crippen LogP contribution < -0.4 is 10.1 Å². The molecule has 1 saturated heterocycles. The van der Waals surface area contributed by atoms with Crippen LogP contribution in [0, 0.1) is 6.92 Å². The van der Waals surface area contributed by atoms with Crippen molar-refractivity contribution in [2.24, 2.45) is 0 Å². The number of nitrogens with zero attached hydrogens (tertiary/aromatic N) is 1. The summed E-state index contributed by atoms with van der Waals surface area (Å²) in [7, 11) is 1.63. The van der Waals surface area contributed by atoms with Gasteiger partial charge in [0, 0.05) is 24.0 Å². The first kappa shape index (κ1) is 18.6. The molecule has 3 aromatic rings.